The molecule has 1 fully saturated rings. The number of hydrogen-bond donors (Lipinski definition) is 1. The molecule has 1 amide bonds. The maximum atomic E-state index is 13.7. The third kappa shape index (κ3) is 3.78. The van der Waals surface area contributed by atoms with Gasteiger partial charge in [0.2, 0.25) is 0 Å². The van der Waals surface area contributed by atoms with Gasteiger partial charge in [0.25, 0.3) is 5.91 Å². The number of carbonyl (C=O) groups excluding carboxylic acids is 1. The monoisotopic (exact) mass is 464 g/mol. The van der Waals surface area contributed by atoms with Crippen molar-refractivity contribution in [2.24, 2.45) is 0 Å². The minimum Gasteiger partial charge on any atom is -0.497 e. The van der Waals surface area contributed by atoms with Gasteiger partial charge in [-0.1, -0.05) is 12.1 Å². The molecule has 0 aliphatic carbocycles. The summed E-state index contributed by atoms with van der Waals surface area (Å²) in [6.07, 6.45) is 3.89. The summed E-state index contributed by atoms with van der Waals surface area (Å²) in [6.45, 7) is 2.64. The van der Waals surface area contributed by atoms with Gasteiger partial charge in [-0.25, -0.2) is 9.97 Å². The highest BCUT2D eigenvalue weighted by atomic mass is 32.2. The molecule has 1 aliphatic heterocycles. The molecule has 4 aromatic rings. The summed E-state index contributed by atoms with van der Waals surface area (Å²) < 4.78 is 5.38. The Morgan fingerprint density at radius 1 is 1.25 bits per heavy atom. The van der Waals surface area contributed by atoms with Gasteiger partial charge in [-0.3, -0.25) is 4.79 Å². The fraction of sp³-hybridized carbons (Fsp3) is 0.292. The molecule has 1 unspecified atom stereocenters. The summed E-state index contributed by atoms with van der Waals surface area (Å²) >= 11 is 3.24. The molecule has 1 saturated heterocycles. The minimum atomic E-state index is -0.0761. The first-order valence-corrected chi connectivity index (χ1v) is 12.6. The molecule has 0 spiro atoms. The van der Waals surface area contributed by atoms with Crippen molar-refractivity contribution in [2.45, 2.75) is 30.7 Å². The van der Waals surface area contributed by atoms with Crippen LogP contribution in [-0.4, -0.2) is 45.7 Å². The summed E-state index contributed by atoms with van der Waals surface area (Å²) in [7, 11) is 1.65. The Kier molecular flexibility index (Phi) is 5.65. The van der Waals surface area contributed by atoms with E-state index in [0.717, 1.165) is 50.9 Å². The zero-order chi connectivity index (χ0) is 22.2. The van der Waals surface area contributed by atoms with Crippen LogP contribution in [0, 0.1) is 6.92 Å². The maximum Gasteiger partial charge on any atom is 0.274 e. The van der Waals surface area contributed by atoms with Gasteiger partial charge in [0.15, 0.2) is 0 Å². The van der Waals surface area contributed by atoms with Crippen molar-refractivity contribution in [1.29, 1.82) is 0 Å². The number of carbonyl (C=O) groups is 1. The van der Waals surface area contributed by atoms with E-state index in [1.807, 2.05) is 42.2 Å². The lowest BCUT2D eigenvalue weighted by atomic mass is 10.1. The lowest BCUT2D eigenvalue weighted by Crippen LogP contribution is -2.31. The van der Waals surface area contributed by atoms with Gasteiger partial charge in [-0.15, -0.1) is 23.1 Å². The van der Waals surface area contributed by atoms with E-state index in [9.17, 15) is 4.79 Å². The second kappa shape index (κ2) is 8.60. The second-order valence-corrected chi connectivity index (χ2v) is 9.89. The van der Waals surface area contributed by atoms with E-state index >= 15 is 0 Å². The Bertz CT molecular complexity index is 1300. The minimum absolute atomic E-state index is 0.0417. The molecular formula is C24H24N4O2S2. The molecule has 164 valence electrons. The van der Waals surface area contributed by atoms with Gasteiger partial charge in [0.1, 0.15) is 17.3 Å². The Balaban J connectivity index is 1.49. The number of thioether (sulfide) groups is 1. The number of nitrogens with one attached hydrogen (secondary N) is 1. The molecule has 8 heteroatoms. The zero-order valence-corrected chi connectivity index (χ0v) is 19.8. The highest BCUT2D eigenvalue weighted by molar-refractivity contribution is 7.98. The van der Waals surface area contributed by atoms with Crippen LogP contribution >= 0.6 is 23.1 Å². The predicted molar refractivity (Wildman–Crippen MR) is 130 cm³/mol. The van der Waals surface area contributed by atoms with Crippen molar-refractivity contribution in [2.75, 3.05) is 19.9 Å². The molecule has 0 saturated carbocycles. The van der Waals surface area contributed by atoms with E-state index in [1.165, 1.54) is 16.2 Å². The van der Waals surface area contributed by atoms with Gasteiger partial charge in [0, 0.05) is 11.4 Å². The van der Waals surface area contributed by atoms with Crippen LogP contribution in [0.1, 0.15) is 40.2 Å². The first-order valence-electron chi connectivity index (χ1n) is 10.5. The van der Waals surface area contributed by atoms with Crippen LogP contribution in [0.3, 0.4) is 0 Å². The second-order valence-electron chi connectivity index (χ2n) is 7.80. The van der Waals surface area contributed by atoms with Crippen molar-refractivity contribution in [3.05, 3.63) is 59.0 Å². The highest BCUT2D eigenvalue weighted by Crippen LogP contribution is 2.37. The lowest BCUT2D eigenvalue weighted by molar-refractivity contribution is 0.0726. The number of imidazole rings is 1. The molecule has 0 radical (unpaired) electrons. The van der Waals surface area contributed by atoms with Crippen LogP contribution in [0.25, 0.3) is 21.5 Å². The van der Waals surface area contributed by atoms with Gasteiger partial charge in [-0.2, -0.15) is 0 Å². The van der Waals surface area contributed by atoms with Crippen molar-refractivity contribution < 1.29 is 9.53 Å². The predicted octanol–water partition coefficient (Wildman–Crippen LogP) is 5.70. The third-order valence-electron chi connectivity index (χ3n) is 5.81. The largest absolute Gasteiger partial charge is 0.497 e. The first-order chi connectivity index (χ1) is 15.6. The van der Waals surface area contributed by atoms with Crippen molar-refractivity contribution in [3.8, 4) is 16.2 Å². The van der Waals surface area contributed by atoms with E-state index in [0.29, 0.717) is 12.2 Å². The lowest BCUT2D eigenvalue weighted by Gasteiger charge is -2.23. The number of methoxy groups -OCH3 is 1. The van der Waals surface area contributed by atoms with E-state index in [1.54, 1.807) is 18.9 Å². The van der Waals surface area contributed by atoms with Crippen LogP contribution in [0.15, 0.2) is 47.4 Å². The summed E-state index contributed by atoms with van der Waals surface area (Å²) in [6, 6.07) is 13.9. The third-order valence-corrected chi connectivity index (χ3v) is 7.55. The molecule has 5 rings (SSSR count). The van der Waals surface area contributed by atoms with Crippen LogP contribution in [-0.2, 0) is 0 Å². The first kappa shape index (κ1) is 21.0. The highest BCUT2D eigenvalue weighted by Gasteiger charge is 2.35. The normalized spacial score (nSPS) is 16.1. The van der Waals surface area contributed by atoms with Crippen LogP contribution in [0.5, 0.6) is 5.75 Å². The standard InChI is InChI=1S/C24H24N4O2S2/c1-14-25-21(22(32-14)15-6-4-7-16(12-15)30-2)24(29)28-11-5-8-20(28)23-26-18-10-9-17(31-3)13-19(18)27-23/h4,6-7,9-10,12-13,20H,5,8,11H2,1-3H3,(H,26,27). The number of hydrogen-bond acceptors (Lipinski definition) is 6. The van der Waals surface area contributed by atoms with Crippen molar-refractivity contribution >= 4 is 40.0 Å². The van der Waals surface area contributed by atoms with Crippen molar-refractivity contribution in [1.82, 2.24) is 19.9 Å². The summed E-state index contributed by atoms with van der Waals surface area (Å²) in [5.74, 6) is 1.57. The molecule has 0 bridgehead atoms. The van der Waals surface area contributed by atoms with Crippen LogP contribution in [0.2, 0.25) is 0 Å². The number of nitrogens with zero attached hydrogens (tertiary/aromatic N) is 3. The van der Waals surface area contributed by atoms with E-state index < -0.39 is 0 Å². The Hall–Kier alpha value is -2.84. The number of rotatable bonds is 5. The average molecular weight is 465 g/mol. The summed E-state index contributed by atoms with van der Waals surface area (Å²) in [4.78, 5) is 30.6. The number of thiazole rings is 1. The Morgan fingerprint density at radius 2 is 2.12 bits per heavy atom. The van der Waals surface area contributed by atoms with Gasteiger partial charge < -0.3 is 14.6 Å². The zero-order valence-electron chi connectivity index (χ0n) is 18.2. The number of aromatic nitrogens is 3. The number of H-pyrrole nitrogens is 1. The topological polar surface area (TPSA) is 71.1 Å². The molecular weight excluding hydrogens is 440 g/mol. The van der Waals surface area contributed by atoms with Crippen molar-refractivity contribution in [3.63, 3.8) is 0 Å². The summed E-state index contributed by atoms with van der Waals surface area (Å²) in [5.41, 5.74) is 3.39. The smallest absolute Gasteiger partial charge is 0.274 e. The number of benzene rings is 2. The molecule has 2 aromatic carbocycles. The van der Waals surface area contributed by atoms with E-state index in [-0.39, 0.29) is 11.9 Å². The molecule has 2 aromatic heterocycles. The average Bonchev–Trinajstić information content (AvgIpc) is 3.55. The molecule has 1 N–H and O–H groups in total. The van der Waals surface area contributed by atoms with Gasteiger partial charge in [0.05, 0.1) is 34.1 Å². The molecule has 1 aliphatic rings. The fourth-order valence-electron chi connectivity index (χ4n) is 4.26. The summed E-state index contributed by atoms with van der Waals surface area (Å²) in [5, 5.41) is 0.871. The SMILES string of the molecule is COc1cccc(-c2sc(C)nc2C(=O)N2CCCC2c2nc3ccc(SC)cc3[nH]2)c1. The quantitative estimate of drug-likeness (QED) is 0.384. The number of fused-ring (bicyclic) bond motifs is 1. The Morgan fingerprint density at radius 3 is 2.94 bits per heavy atom. The van der Waals surface area contributed by atoms with Gasteiger partial charge >= 0.3 is 0 Å². The van der Waals surface area contributed by atoms with E-state index in [4.69, 9.17) is 9.72 Å². The van der Waals surface area contributed by atoms with Gasteiger partial charge in [-0.05, 0) is 61.9 Å². The number of ether oxygens (including phenoxy) is 1. The van der Waals surface area contributed by atoms with Crippen LogP contribution in [0.4, 0.5) is 0 Å². The maximum absolute atomic E-state index is 13.7. The fourth-order valence-corrected chi connectivity index (χ4v) is 5.60. The molecule has 3 heterocycles. The van der Waals surface area contributed by atoms with E-state index in [2.05, 4.69) is 28.4 Å². The van der Waals surface area contributed by atoms with Crippen LogP contribution < -0.4 is 4.74 Å². The number of amides is 1. The number of aryl methyl sites for hydroxylation is 1. The number of aromatic amines is 1. The molecule has 1 atom stereocenters. The number of likely N-dealkylation sites (tertiary alicyclic amines) is 1. The molecule has 32 heavy (non-hydrogen) atoms. The Labute approximate surface area is 195 Å². The molecule has 6 nitrogen and oxygen atoms in total.